The van der Waals surface area contributed by atoms with Gasteiger partial charge in [0.15, 0.2) is 0 Å². The molecule has 2 aromatic heterocycles. The Morgan fingerprint density at radius 3 is 2.67 bits per heavy atom. The molecule has 2 rings (SSSR count). The van der Waals surface area contributed by atoms with Crippen LogP contribution in [0.1, 0.15) is 16.3 Å². The van der Waals surface area contributed by atoms with E-state index in [1.165, 1.54) is 4.88 Å². The first kappa shape index (κ1) is 13.6. The maximum absolute atomic E-state index is 6.01. The smallest absolute Gasteiger partial charge is 0.137 e. The molecule has 18 heavy (non-hydrogen) atoms. The minimum atomic E-state index is 0.504. The van der Waals surface area contributed by atoms with Gasteiger partial charge in [-0.05, 0) is 32.4 Å². The highest BCUT2D eigenvalue weighted by atomic mass is 35.5. The normalized spacial score (nSPS) is 10.7. The lowest BCUT2D eigenvalue weighted by atomic mass is 10.3. The molecule has 0 fully saturated rings. The molecule has 1 N–H and O–H groups in total. The van der Waals surface area contributed by atoms with Crippen molar-refractivity contribution in [3.8, 4) is 0 Å². The summed E-state index contributed by atoms with van der Waals surface area (Å²) in [6.07, 6.45) is 0.914. The maximum Gasteiger partial charge on any atom is 0.137 e. The van der Waals surface area contributed by atoms with Crippen LogP contribution in [0.3, 0.4) is 0 Å². The summed E-state index contributed by atoms with van der Waals surface area (Å²) in [5.41, 5.74) is 0.881. The number of aromatic nitrogens is 2. The maximum atomic E-state index is 6.01. The number of aryl methyl sites for hydroxylation is 1. The summed E-state index contributed by atoms with van der Waals surface area (Å²) in [7, 11) is 0. The largest absolute Gasteiger partial charge is 0.369 e. The fourth-order valence-corrected chi connectivity index (χ4v) is 2.86. The van der Waals surface area contributed by atoms with Crippen LogP contribution in [0, 0.1) is 13.8 Å². The van der Waals surface area contributed by atoms with Crippen LogP contribution in [0.25, 0.3) is 0 Å². The third kappa shape index (κ3) is 3.34. The van der Waals surface area contributed by atoms with Crippen molar-refractivity contribution < 1.29 is 0 Å². The predicted molar refractivity (Wildman–Crippen MR) is 78.0 cm³/mol. The molecule has 6 heteroatoms. The van der Waals surface area contributed by atoms with Gasteiger partial charge in [0.05, 0.1) is 4.34 Å². The predicted octanol–water partition coefficient (Wildman–Crippen LogP) is 4.12. The van der Waals surface area contributed by atoms with Crippen molar-refractivity contribution in [2.75, 3.05) is 11.9 Å². The number of halogens is 2. The van der Waals surface area contributed by atoms with Gasteiger partial charge in [0.2, 0.25) is 0 Å². The van der Waals surface area contributed by atoms with Crippen molar-refractivity contribution in [1.29, 1.82) is 0 Å². The SMILES string of the molecule is Cc1nc(Cl)c(C)c(NCCc2ccc(Cl)s2)n1. The first-order valence-electron chi connectivity index (χ1n) is 5.55. The van der Waals surface area contributed by atoms with E-state index in [1.54, 1.807) is 11.3 Å². The number of rotatable bonds is 4. The molecule has 0 aliphatic rings. The van der Waals surface area contributed by atoms with E-state index in [-0.39, 0.29) is 0 Å². The Morgan fingerprint density at radius 1 is 1.22 bits per heavy atom. The Bertz CT molecular complexity index is 554. The summed E-state index contributed by atoms with van der Waals surface area (Å²) < 4.78 is 0.821. The van der Waals surface area contributed by atoms with Gasteiger partial charge < -0.3 is 5.32 Å². The van der Waals surface area contributed by atoms with Gasteiger partial charge in [-0.2, -0.15) is 0 Å². The first-order chi connectivity index (χ1) is 8.56. The Balaban J connectivity index is 1.98. The second-order valence-electron chi connectivity index (χ2n) is 3.92. The van der Waals surface area contributed by atoms with Gasteiger partial charge in [-0.15, -0.1) is 11.3 Å². The van der Waals surface area contributed by atoms with Crippen LogP contribution in [0.5, 0.6) is 0 Å². The van der Waals surface area contributed by atoms with Gasteiger partial charge in [0.1, 0.15) is 16.8 Å². The van der Waals surface area contributed by atoms with Crippen molar-refractivity contribution in [1.82, 2.24) is 9.97 Å². The number of thiophene rings is 1. The number of hydrogen-bond acceptors (Lipinski definition) is 4. The van der Waals surface area contributed by atoms with Crippen molar-refractivity contribution in [3.05, 3.63) is 37.9 Å². The third-order valence-electron chi connectivity index (χ3n) is 2.49. The molecule has 0 unspecified atom stereocenters. The van der Waals surface area contributed by atoms with E-state index in [0.717, 1.165) is 28.7 Å². The molecule has 0 atom stereocenters. The average Bonchev–Trinajstić information content (AvgIpc) is 2.71. The minimum Gasteiger partial charge on any atom is -0.369 e. The van der Waals surface area contributed by atoms with Gasteiger partial charge in [0, 0.05) is 17.0 Å². The molecule has 0 saturated heterocycles. The molecule has 0 aliphatic heterocycles. The zero-order valence-corrected chi connectivity index (χ0v) is 12.5. The van der Waals surface area contributed by atoms with Gasteiger partial charge in [-0.25, -0.2) is 9.97 Å². The zero-order valence-electron chi connectivity index (χ0n) is 10.1. The van der Waals surface area contributed by atoms with Gasteiger partial charge in [0.25, 0.3) is 0 Å². The number of hydrogen-bond donors (Lipinski definition) is 1. The highest BCUT2D eigenvalue weighted by Gasteiger charge is 2.07. The summed E-state index contributed by atoms with van der Waals surface area (Å²) in [4.78, 5) is 9.69. The molecule has 0 aliphatic carbocycles. The Kier molecular flexibility index (Phi) is 4.43. The molecular formula is C12H13Cl2N3S. The highest BCUT2D eigenvalue weighted by molar-refractivity contribution is 7.16. The molecule has 0 saturated carbocycles. The van der Waals surface area contributed by atoms with E-state index in [4.69, 9.17) is 23.2 Å². The van der Waals surface area contributed by atoms with Crippen molar-refractivity contribution >= 4 is 40.4 Å². The quantitative estimate of drug-likeness (QED) is 0.863. The molecule has 0 spiro atoms. The lowest BCUT2D eigenvalue weighted by molar-refractivity contribution is 0.980. The van der Waals surface area contributed by atoms with Crippen LogP contribution in [0.4, 0.5) is 5.82 Å². The molecule has 0 amide bonds. The van der Waals surface area contributed by atoms with E-state index >= 15 is 0 Å². The van der Waals surface area contributed by atoms with E-state index in [0.29, 0.717) is 11.0 Å². The zero-order chi connectivity index (χ0) is 13.1. The summed E-state index contributed by atoms with van der Waals surface area (Å²) in [5.74, 6) is 1.47. The summed E-state index contributed by atoms with van der Waals surface area (Å²) >= 11 is 13.5. The van der Waals surface area contributed by atoms with Crippen molar-refractivity contribution in [2.24, 2.45) is 0 Å². The molecule has 3 nitrogen and oxygen atoms in total. The molecule has 2 heterocycles. The van der Waals surface area contributed by atoms with E-state index in [9.17, 15) is 0 Å². The van der Waals surface area contributed by atoms with Gasteiger partial charge in [-0.3, -0.25) is 0 Å². The molecule has 2 aromatic rings. The standard InChI is InChI=1S/C12H13Cl2N3S/c1-7-11(14)16-8(2)17-12(7)15-6-5-9-3-4-10(13)18-9/h3-4H,5-6H2,1-2H3,(H,15,16,17). The first-order valence-corrected chi connectivity index (χ1v) is 7.12. The summed E-state index contributed by atoms with van der Waals surface area (Å²) in [5, 5.41) is 3.78. The fourth-order valence-electron chi connectivity index (χ4n) is 1.56. The second-order valence-corrected chi connectivity index (χ2v) is 6.08. The Hall–Kier alpha value is -0.840. The Labute approximate surface area is 120 Å². The molecule has 0 radical (unpaired) electrons. The number of anilines is 1. The van der Waals surface area contributed by atoms with E-state index in [1.807, 2.05) is 26.0 Å². The van der Waals surface area contributed by atoms with Gasteiger partial charge >= 0.3 is 0 Å². The van der Waals surface area contributed by atoms with Crippen LogP contribution in [-0.4, -0.2) is 16.5 Å². The second kappa shape index (κ2) is 5.87. The summed E-state index contributed by atoms with van der Waals surface area (Å²) in [6.45, 7) is 4.53. The van der Waals surface area contributed by atoms with Crippen LogP contribution < -0.4 is 5.32 Å². The third-order valence-corrected chi connectivity index (χ3v) is 4.15. The average molecular weight is 302 g/mol. The lowest BCUT2D eigenvalue weighted by Crippen LogP contribution is -2.08. The number of nitrogens with zero attached hydrogens (tertiary/aromatic N) is 2. The van der Waals surface area contributed by atoms with Crippen LogP contribution >= 0.6 is 34.5 Å². The van der Waals surface area contributed by atoms with Gasteiger partial charge in [-0.1, -0.05) is 23.2 Å². The Morgan fingerprint density at radius 2 is 2.00 bits per heavy atom. The molecular weight excluding hydrogens is 289 g/mol. The topological polar surface area (TPSA) is 37.8 Å². The monoisotopic (exact) mass is 301 g/mol. The summed E-state index contributed by atoms with van der Waals surface area (Å²) in [6, 6.07) is 3.96. The van der Waals surface area contributed by atoms with Crippen LogP contribution in [0.2, 0.25) is 9.49 Å². The van der Waals surface area contributed by atoms with Crippen molar-refractivity contribution in [2.45, 2.75) is 20.3 Å². The van der Waals surface area contributed by atoms with Crippen LogP contribution in [-0.2, 0) is 6.42 Å². The van der Waals surface area contributed by atoms with E-state index < -0.39 is 0 Å². The number of nitrogens with one attached hydrogen (secondary N) is 1. The van der Waals surface area contributed by atoms with Crippen molar-refractivity contribution in [3.63, 3.8) is 0 Å². The lowest BCUT2D eigenvalue weighted by Gasteiger charge is -2.09. The molecule has 0 aromatic carbocycles. The molecule has 96 valence electrons. The van der Waals surface area contributed by atoms with Crippen LogP contribution in [0.15, 0.2) is 12.1 Å². The fraction of sp³-hybridized carbons (Fsp3) is 0.333. The van der Waals surface area contributed by atoms with E-state index in [2.05, 4.69) is 15.3 Å². The minimum absolute atomic E-state index is 0.504. The highest BCUT2D eigenvalue weighted by Crippen LogP contribution is 2.22. The molecule has 0 bridgehead atoms.